The number of amides is 2. The van der Waals surface area contributed by atoms with Gasteiger partial charge in [0.25, 0.3) is 0 Å². The van der Waals surface area contributed by atoms with E-state index in [0.29, 0.717) is 0 Å². The van der Waals surface area contributed by atoms with E-state index in [-0.39, 0.29) is 10.8 Å². The number of hydrogen-bond acceptors (Lipinski definition) is 4. The highest BCUT2D eigenvalue weighted by Gasteiger charge is 2.04. The molecule has 0 saturated carbocycles. The third kappa shape index (κ3) is 1.97. The van der Waals surface area contributed by atoms with Crippen molar-refractivity contribution in [2.45, 2.75) is 0 Å². The molecule has 1 aromatic heterocycles. The fraction of sp³-hybridized carbons (Fsp3) is 0. The number of urea groups is 1. The van der Waals surface area contributed by atoms with Gasteiger partial charge in [0.05, 0.1) is 0 Å². The van der Waals surface area contributed by atoms with E-state index in [1.54, 1.807) is 0 Å². The lowest BCUT2D eigenvalue weighted by molar-refractivity contribution is -0.443. The second kappa shape index (κ2) is 3.37. The van der Waals surface area contributed by atoms with Crippen LogP contribution in [0.1, 0.15) is 0 Å². The highest BCUT2D eigenvalue weighted by atomic mass is 16.5. The zero-order valence-corrected chi connectivity index (χ0v) is 5.91. The van der Waals surface area contributed by atoms with Crippen LogP contribution in [0.25, 0.3) is 0 Å². The lowest BCUT2D eigenvalue weighted by atomic mass is 10.7. The Bertz CT molecular complexity index is 309. The van der Waals surface area contributed by atoms with Gasteiger partial charge in [0.2, 0.25) is 0 Å². The first kappa shape index (κ1) is 8.05. The molecule has 1 aromatic rings. The Morgan fingerprint density at radius 1 is 1.58 bits per heavy atom. The second-order valence-electron chi connectivity index (χ2n) is 1.76. The molecule has 0 aliphatic carbocycles. The van der Waals surface area contributed by atoms with Gasteiger partial charge in [-0.15, -0.1) is 4.86 Å². The molecular formula is C5H5N5O2. The molecule has 1 rings (SSSR count). The molecule has 0 aromatic carbocycles. The van der Waals surface area contributed by atoms with Crippen molar-refractivity contribution in [1.29, 1.82) is 0 Å². The number of primary amides is 1. The van der Waals surface area contributed by atoms with Crippen molar-refractivity contribution in [3.05, 3.63) is 23.7 Å². The molecule has 0 radical (unpaired) electrons. The maximum atomic E-state index is 10.8. The number of carbonyl (C=O) groups excluding carboxylic acids is 1. The molecule has 0 saturated heterocycles. The van der Waals surface area contributed by atoms with Crippen LogP contribution in [0.5, 0.6) is 0 Å². The molecule has 0 unspecified atom stereocenters. The molecule has 0 aliphatic rings. The van der Waals surface area contributed by atoms with Crippen molar-refractivity contribution >= 4 is 12.0 Å². The van der Waals surface area contributed by atoms with Crippen molar-refractivity contribution in [2.24, 2.45) is 10.8 Å². The average molecular weight is 167 g/mol. The first-order chi connectivity index (χ1) is 5.70. The van der Waals surface area contributed by atoms with Crippen LogP contribution in [0.2, 0.25) is 0 Å². The molecule has 2 amide bonds. The van der Waals surface area contributed by atoms with Crippen molar-refractivity contribution < 1.29 is 9.66 Å². The Labute approximate surface area is 67.1 Å². The van der Waals surface area contributed by atoms with E-state index >= 15 is 0 Å². The Kier molecular flexibility index (Phi) is 2.26. The summed E-state index contributed by atoms with van der Waals surface area (Å²) >= 11 is 0. The maximum absolute atomic E-state index is 10.8. The third-order valence-corrected chi connectivity index (χ3v) is 0.913. The average Bonchev–Trinajstić information content (AvgIpc) is 2.05. The molecule has 7 nitrogen and oxygen atoms in total. The summed E-state index contributed by atoms with van der Waals surface area (Å²) in [6, 6.07) is 0.444. The third-order valence-electron chi connectivity index (χ3n) is 0.913. The molecular weight excluding hydrogens is 162 g/mol. The number of azo groups is 1. The van der Waals surface area contributed by atoms with Gasteiger partial charge in [-0.3, -0.25) is 0 Å². The van der Waals surface area contributed by atoms with Crippen LogP contribution < -0.4 is 5.73 Å². The monoisotopic (exact) mass is 167 g/mol. The van der Waals surface area contributed by atoms with E-state index in [2.05, 4.69) is 20.8 Å². The molecule has 62 valence electrons. The predicted molar refractivity (Wildman–Crippen MR) is 37.3 cm³/mol. The fourth-order valence-corrected chi connectivity index (χ4v) is 0.524. The Hall–Kier alpha value is -2.05. The van der Waals surface area contributed by atoms with Crippen molar-refractivity contribution in [3.8, 4) is 0 Å². The molecule has 12 heavy (non-hydrogen) atoms. The van der Waals surface area contributed by atoms with E-state index in [4.69, 9.17) is 0 Å². The van der Waals surface area contributed by atoms with Crippen LogP contribution in [0.15, 0.2) is 23.6 Å². The molecule has 2 N–H and O–H groups in total. The Morgan fingerprint density at radius 3 is 2.67 bits per heavy atom. The van der Waals surface area contributed by atoms with Crippen molar-refractivity contribution in [3.63, 3.8) is 0 Å². The van der Waals surface area contributed by atoms with Gasteiger partial charge in [-0.25, -0.2) is 4.79 Å². The quantitative estimate of drug-likeness (QED) is 0.364. The maximum Gasteiger partial charge on any atom is 0.453 e. The fourth-order valence-electron chi connectivity index (χ4n) is 0.524. The summed E-state index contributed by atoms with van der Waals surface area (Å²) in [5, 5.41) is 13.6. The smallest absolute Gasteiger partial charge is 0.453 e. The number of nitrogens with two attached hydrogens (primary N) is 1. The van der Waals surface area contributed by atoms with E-state index < -0.39 is 6.03 Å². The lowest BCUT2D eigenvalue weighted by Gasteiger charge is -1.99. The molecule has 0 atom stereocenters. The molecule has 0 fully saturated rings. The molecule has 0 bridgehead atoms. The SMILES string of the molecule is NC(=O)/N=[N+](\[O-])c1ncccn1. The van der Waals surface area contributed by atoms with Gasteiger partial charge in [0.1, 0.15) is 12.4 Å². The lowest BCUT2D eigenvalue weighted by Crippen LogP contribution is -2.08. The second-order valence-corrected chi connectivity index (χ2v) is 1.76. The van der Waals surface area contributed by atoms with Crippen LogP contribution >= 0.6 is 0 Å². The minimum atomic E-state index is -1.09. The zero-order valence-electron chi connectivity index (χ0n) is 5.91. The number of hydrogen-bond donors (Lipinski definition) is 1. The van der Waals surface area contributed by atoms with Gasteiger partial charge in [-0.1, -0.05) is 9.97 Å². The van der Waals surface area contributed by atoms with Gasteiger partial charge in [0.15, 0.2) is 0 Å². The molecule has 7 heteroatoms. The number of nitrogens with zero attached hydrogens (tertiary/aromatic N) is 4. The summed E-state index contributed by atoms with van der Waals surface area (Å²) in [6.07, 6.45) is 2.70. The van der Waals surface area contributed by atoms with Gasteiger partial charge < -0.3 is 10.9 Å². The Morgan fingerprint density at radius 2 is 2.17 bits per heavy atom. The minimum absolute atomic E-state index is 0.0394. The topological polar surface area (TPSA) is 107 Å². The highest BCUT2D eigenvalue weighted by molar-refractivity contribution is 5.71. The summed E-state index contributed by atoms with van der Waals surface area (Å²) in [4.78, 5) is 17.2. The normalized spacial score (nSPS) is 11.2. The molecule has 0 spiro atoms. The van der Waals surface area contributed by atoms with Crippen LogP contribution in [-0.2, 0) is 0 Å². The Balaban J connectivity index is 2.93. The van der Waals surface area contributed by atoms with Gasteiger partial charge in [-0.2, -0.15) is 0 Å². The van der Waals surface area contributed by atoms with E-state index in [0.717, 1.165) is 0 Å². The minimum Gasteiger partial charge on any atom is -0.721 e. The van der Waals surface area contributed by atoms with E-state index in [1.165, 1.54) is 18.5 Å². The van der Waals surface area contributed by atoms with E-state index in [1.807, 2.05) is 0 Å². The van der Waals surface area contributed by atoms with Gasteiger partial charge in [0, 0.05) is 6.07 Å². The highest BCUT2D eigenvalue weighted by Crippen LogP contribution is 1.98. The summed E-state index contributed by atoms with van der Waals surface area (Å²) in [5.41, 5.74) is 4.63. The van der Waals surface area contributed by atoms with Crippen molar-refractivity contribution in [1.82, 2.24) is 9.97 Å². The molecule has 0 aliphatic heterocycles. The first-order valence-corrected chi connectivity index (χ1v) is 2.95. The number of rotatable bonds is 1. The molecule has 1 heterocycles. The number of carbonyl (C=O) groups is 1. The summed E-state index contributed by atoms with van der Waals surface area (Å²) in [5.74, 6) is -0.226. The standard InChI is InChI=1S/C5H5N5O2/c6-4(11)9-10(12)5-7-2-1-3-8-5/h1-3H,(H2,6,11)/b10-9-. The van der Waals surface area contributed by atoms with Crippen molar-refractivity contribution in [2.75, 3.05) is 0 Å². The largest absolute Gasteiger partial charge is 0.721 e. The van der Waals surface area contributed by atoms with Gasteiger partial charge >= 0.3 is 12.0 Å². The van der Waals surface area contributed by atoms with Crippen LogP contribution in [-0.4, -0.2) is 20.9 Å². The predicted octanol–water partition coefficient (Wildman–Crippen LogP) is 0.149. The first-order valence-electron chi connectivity index (χ1n) is 2.95. The number of aromatic nitrogens is 2. The van der Waals surface area contributed by atoms with E-state index in [9.17, 15) is 10.0 Å². The van der Waals surface area contributed by atoms with Crippen LogP contribution in [0.4, 0.5) is 10.7 Å². The summed E-state index contributed by atoms with van der Waals surface area (Å²) < 4.78 is 0. The summed E-state index contributed by atoms with van der Waals surface area (Å²) in [6.45, 7) is 0. The van der Waals surface area contributed by atoms with Crippen LogP contribution in [0.3, 0.4) is 0 Å². The zero-order chi connectivity index (χ0) is 8.97. The van der Waals surface area contributed by atoms with Gasteiger partial charge in [-0.05, 0) is 5.11 Å². The van der Waals surface area contributed by atoms with Crippen LogP contribution in [0, 0.1) is 5.21 Å². The summed E-state index contributed by atoms with van der Waals surface area (Å²) in [7, 11) is 0.